The molecule has 16 heavy (non-hydrogen) atoms. The summed E-state index contributed by atoms with van der Waals surface area (Å²) < 4.78 is 38.0. The maximum atomic E-state index is 12.7. The summed E-state index contributed by atoms with van der Waals surface area (Å²) in [5.41, 5.74) is 0.292. The summed E-state index contributed by atoms with van der Waals surface area (Å²) in [4.78, 5) is 1.98. The molecule has 2 rings (SSSR count). The number of hydrogen-bond acceptors (Lipinski definition) is 2. The molecule has 0 radical (unpaired) electrons. The Morgan fingerprint density at radius 2 is 2.06 bits per heavy atom. The zero-order valence-electron chi connectivity index (χ0n) is 9.61. The van der Waals surface area contributed by atoms with E-state index in [4.69, 9.17) is 0 Å². The van der Waals surface area contributed by atoms with E-state index in [1.54, 1.807) is 0 Å². The van der Waals surface area contributed by atoms with Crippen LogP contribution >= 0.6 is 0 Å². The fourth-order valence-corrected chi connectivity index (χ4v) is 2.26. The van der Waals surface area contributed by atoms with Crippen molar-refractivity contribution in [1.29, 1.82) is 0 Å². The highest BCUT2D eigenvalue weighted by atomic mass is 19.4. The van der Waals surface area contributed by atoms with E-state index in [2.05, 4.69) is 12.2 Å². The average Bonchev–Trinajstić information content (AvgIpc) is 2.89. The first-order valence-electron chi connectivity index (χ1n) is 5.89. The molecule has 2 fully saturated rings. The first-order valence-corrected chi connectivity index (χ1v) is 5.89. The predicted octanol–water partition coefficient (Wildman–Crippen LogP) is 1.87. The van der Waals surface area contributed by atoms with Gasteiger partial charge in [-0.2, -0.15) is 13.2 Å². The number of nitrogens with zero attached hydrogens (tertiary/aromatic N) is 1. The van der Waals surface area contributed by atoms with Crippen LogP contribution in [0.2, 0.25) is 0 Å². The highest BCUT2D eigenvalue weighted by Crippen LogP contribution is 2.45. The Balaban J connectivity index is 1.92. The van der Waals surface area contributed by atoms with Crippen molar-refractivity contribution in [1.82, 2.24) is 10.2 Å². The second-order valence-corrected chi connectivity index (χ2v) is 5.49. The van der Waals surface area contributed by atoms with Crippen LogP contribution in [-0.2, 0) is 0 Å². The molecule has 0 aromatic heterocycles. The molecule has 5 heteroatoms. The van der Waals surface area contributed by atoms with Crippen LogP contribution in [0.3, 0.4) is 0 Å². The first kappa shape index (κ1) is 12.2. The van der Waals surface area contributed by atoms with Crippen molar-refractivity contribution < 1.29 is 13.2 Å². The van der Waals surface area contributed by atoms with E-state index in [1.807, 2.05) is 4.90 Å². The Bertz CT molecular complexity index is 248. The van der Waals surface area contributed by atoms with Crippen molar-refractivity contribution in [2.45, 2.75) is 25.9 Å². The number of rotatable bonds is 2. The molecule has 0 aromatic rings. The van der Waals surface area contributed by atoms with Crippen molar-refractivity contribution in [2.75, 3.05) is 32.7 Å². The summed E-state index contributed by atoms with van der Waals surface area (Å²) in [6.45, 7) is 4.61. The van der Waals surface area contributed by atoms with E-state index in [-0.39, 0.29) is 13.1 Å². The Morgan fingerprint density at radius 1 is 1.38 bits per heavy atom. The van der Waals surface area contributed by atoms with Crippen LogP contribution in [0.25, 0.3) is 0 Å². The van der Waals surface area contributed by atoms with Crippen molar-refractivity contribution in [3.8, 4) is 0 Å². The number of hydrogen-bond donors (Lipinski definition) is 1. The standard InChI is InChI=1S/C11H19F3N2/c1-10(2-3-10)8-16-5-4-15-6-9(7-16)11(12,13)14/h9,15H,2-8H2,1H3. The third-order valence-corrected chi connectivity index (χ3v) is 3.65. The van der Waals surface area contributed by atoms with Gasteiger partial charge in [-0.15, -0.1) is 0 Å². The lowest BCUT2D eigenvalue weighted by Gasteiger charge is -2.27. The van der Waals surface area contributed by atoms with Gasteiger partial charge in [-0.1, -0.05) is 6.92 Å². The van der Waals surface area contributed by atoms with Crippen LogP contribution in [0.15, 0.2) is 0 Å². The number of nitrogens with one attached hydrogen (secondary N) is 1. The topological polar surface area (TPSA) is 15.3 Å². The molecule has 1 atom stereocenters. The van der Waals surface area contributed by atoms with Gasteiger partial charge in [-0.3, -0.25) is 0 Å². The third-order valence-electron chi connectivity index (χ3n) is 3.65. The normalized spacial score (nSPS) is 31.1. The second-order valence-electron chi connectivity index (χ2n) is 5.49. The van der Waals surface area contributed by atoms with Gasteiger partial charge < -0.3 is 10.2 Å². The molecule has 0 bridgehead atoms. The van der Waals surface area contributed by atoms with Crippen molar-refractivity contribution >= 4 is 0 Å². The van der Waals surface area contributed by atoms with Crippen LogP contribution in [0.5, 0.6) is 0 Å². The Hall–Kier alpha value is -0.290. The fourth-order valence-electron chi connectivity index (χ4n) is 2.26. The average molecular weight is 236 g/mol. The van der Waals surface area contributed by atoms with Gasteiger partial charge in [0.25, 0.3) is 0 Å². The smallest absolute Gasteiger partial charge is 0.315 e. The minimum Gasteiger partial charge on any atom is -0.315 e. The zero-order chi connectivity index (χ0) is 11.8. The fraction of sp³-hybridized carbons (Fsp3) is 1.00. The summed E-state index contributed by atoms with van der Waals surface area (Å²) in [6.07, 6.45) is -1.75. The minimum atomic E-state index is -4.07. The van der Waals surface area contributed by atoms with Crippen molar-refractivity contribution in [3.05, 3.63) is 0 Å². The number of alkyl halides is 3. The largest absolute Gasteiger partial charge is 0.394 e. The Morgan fingerprint density at radius 3 is 2.62 bits per heavy atom. The molecular formula is C11H19F3N2. The summed E-state index contributed by atoms with van der Waals surface area (Å²) in [5.74, 6) is -1.21. The number of halogens is 3. The van der Waals surface area contributed by atoms with Gasteiger partial charge in [0.15, 0.2) is 0 Å². The van der Waals surface area contributed by atoms with E-state index < -0.39 is 12.1 Å². The van der Waals surface area contributed by atoms with Gasteiger partial charge in [0.1, 0.15) is 0 Å². The Kier molecular flexibility index (Phi) is 3.18. The van der Waals surface area contributed by atoms with Crippen LogP contribution in [-0.4, -0.2) is 43.8 Å². The molecule has 1 saturated heterocycles. The SMILES string of the molecule is CC1(CN2CCNCC(C(F)(F)F)C2)CC1. The molecule has 0 amide bonds. The van der Waals surface area contributed by atoms with E-state index in [0.29, 0.717) is 12.0 Å². The molecule has 1 saturated carbocycles. The zero-order valence-corrected chi connectivity index (χ0v) is 9.61. The quantitative estimate of drug-likeness (QED) is 0.787. The van der Waals surface area contributed by atoms with E-state index >= 15 is 0 Å². The predicted molar refractivity (Wildman–Crippen MR) is 56.2 cm³/mol. The maximum Gasteiger partial charge on any atom is 0.394 e. The monoisotopic (exact) mass is 236 g/mol. The molecule has 1 heterocycles. The van der Waals surface area contributed by atoms with Gasteiger partial charge >= 0.3 is 6.18 Å². The lowest BCUT2D eigenvalue weighted by Crippen LogP contribution is -2.39. The molecular weight excluding hydrogens is 217 g/mol. The van der Waals surface area contributed by atoms with Crippen LogP contribution < -0.4 is 5.32 Å². The molecule has 2 aliphatic rings. The van der Waals surface area contributed by atoms with E-state index in [0.717, 1.165) is 25.9 Å². The molecule has 1 aliphatic carbocycles. The minimum absolute atomic E-state index is 0.0662. The van der Waals surface area contributed by atoms with Gasteiger partial charge in [0.05, 0.1) is 5.92 Å². The van der Waals surface area contributed by atoms with Crippen LogP contribution in [0, 0.1) is 11.3 Å². The Labute approximate surface area is 94.2 Å². The van der Waals surface area contributed by atoms with E-state index in [1.165, 1.54) is 0 Å². The molecule has 1 unspecified atom stereocenters. The summed E-state index contributed by atoms with van der Waals surface area (Å²) in [7, 11) is 0. The summed E-state index contributed by atoms with van der Waals surface area (Å²) in [5, 5.41) is 2.88. The molecule has 94 valence electrons. The third kappa shape index (κ3) is 3.10. The first-order chi connectivity index (χ1) is 7.39. The maximum absolute atomic E-state index is 12.7. The van der Waals surface area contributed by atoms with Crippen molar-refractivity contribution in [3.63, 3.8) is 0 Å². The molecule has 2 nitrogen and oxygen atoms in total. The molecule has 1 N–H and O–H groups in total. The molecule has 0 spiro atoms. The van der Waals surface area contributed by atoms with Gasteiger partial charge in [0, 0.05) is 32.7 Å². The van der Waals surface area contributed by atoms with Crippen molar-refractivity contribution in [2.24, 2.45) is 11.3 Å². The molecule has 1 aliphatic heterocycles. The second kappa shape index (κ2) is 4.18. The van der Waals surface area contributed by atoms with Crippen LogP contribution in [0.4, 0.5) is 13.2 Å². The highest BCUT2D eigenvalue weighted by Gasteiger charge is 2.44. The lowest BCUT2D eigenvalue weighted by molar-refractivity contribution is -0.176. The molecule has 0 aromatic carbocycles. The van der Waals surface area contributed by atoms with E-state index in [9.17, 15) is 13.2 Å². The van der Waals surface area contributed by atoms with Crippen LogP contribution in [0.1, 0.15) is 19.8 Å². The van der Waals surface area contributed by atoms with Gasteiger partial charge in [-0.05, 0) is 18.3 Å². The summed E-state index contributed by atoms with van der Waals surface area (Å²) in [6, 6.07) is 0. The summed E-state index contributed by atoms with van der Waals surface area (Å²) >= 11 is 0. The van der Waals surface area contributed by atoms with Gasteiger partial charge in [0.2, 0.25) is 0 Å². The lowest BCUT2D eigenvalue weighted by atomic mass is 10.1. The highest BCUT2D eigenvalue weighted by molar-refractivity contribution is 4.92. The van der Waals surface area contributed by atoms with Gasteiger partial charge in [-0.25, -0.2) is 0 Å².